The summed E-state index contributed by atoms with van der Waals surface area (Å²) in [5, 5.41) is 0. The second-order valence-electron chi connectivity index (χ2n) is 1.95. The Morgan fingerprint density at radius 1 is 1.45 bits per heavy atom. The van der Waals surface area contributed by atoms with Crippen LogP contribution >= 0.6 is 0 Å². The van der Waals surface area contributed by atoms with E-state index in [1.165, 1.54) is 11.9 Å². The molecule has 1 heterocycles. The third kappa shape index (κ3) is 3.03. The van der Waals surface area contributed by atoms with Gasteiger partial charge < -0.3 is 5.84 Å². The van der Waals surface area contributed by atoms with Crippen molar-refractivity contribution in [3.05, 3.63) is 0 Å². The maximum Gasteiger partial charge on any atom is 0.229 e. The Hall–Kier alpha value is -1.04. The van der Waals surface area contributed by atoms with Crippen LogP contribution in [-0.2, 0) is 22.0 Å². The van der Waals surface area contributed by atoms with Crippen LogP contribution in [0.25, 0.3) is 0 Å². The molecule has 62 valence electrons. The van der Waals surface area contributed by atoms with E-state index in [2.05, 4.69) is 22.7 Å². The number of carbonyl (C=O) groups is 2. The van der Waals surface area contributed by atoms with Gasteiger partial charge >= 0.3 is 0 Å². The molecule has 6 heteroatoms. The first-order chi connectivity index (χ1) is 5.13. The van der Waals surface area contributed by atoms with Gasteiger partial charge in [-0.05, 0) is 0 Å². The molecule has 0 aromatic heterocycles. The predicted molar refractivity (Wildman–Crippen MR) is 41.0 cm³/mol. The Morgan fingerprint density at radius 3 is 1.82 bits per heavy atom. The molecule has 0 bridgehead atoms. The zero-order valence-electron chi connectivity index (χ0n) is 6.11. The van der Waals surface area contributed by atoms with Gasteiger partial charge in [0.25, 0.3) is 0 Å². The third-order valence-electron chi connectivity index (χ3n) is 1.30. The standard InChI is InChI=1S/C5H7NO2.H2N2S/c1-6-4(7)2-3-5(6)8;1-2-3/h2-3H2,1H3;(H2,1,3). The Morgan fingerprint density at radius 2 is 1.73 bits per heavy atom. The zero-order valence-corrected chi connectivity index (χ0v) is 6.93. The van der Waals surface area contributed by atoms with Crippen molar-refractivity contribution in [3.8, 4) is 0 Å². The van der Waals surface area contributed by atoms with Crippen molar-refractivity contribution in [3.63, 3.8) is 0 Å². The van der Waals surface area contributed by atoms with Crippen LogP contribution in [0.3, 0.4) is 0 Å². The van der Waals surface area contributed by atoms with E-state index < -0.39 is 0 Å². The summed E-state index contributed by atoms with van der Waals surface area (Å²) in [5.41, 5.74) is 0. The van der Waals surface area contributed by atoms with Gasteiger partial charge in [-0.25, -0.2) is 0 Å². The number of likely N-dealkylation sites (tertiary alicyclic amines) is 1. The van der Waals surface area contributed by atoms with Crippen LogP contribution in [0, 0.1) is 0 Å². The van der Waals surface area contributed by atoms with Gasteiger partial charge in [-0.1, -0.05) is 0 Å². The number of nitrogens with two attached hydrogens (primary N) is 1. The molecule has 0 aliphatic carbocycles. The van der Waals surface area contributed by atoms with E-state index in [0.717, 1.165) is 0 Å². The number of amides is 2. The van der Waals surface area contributed by atoms with Gasteiger partial charge in [0, 0.05) is 19.9 Å². The highest BCUT2D eigenvalue weighted by molar-refractivity contribution is 7.47. The highest BCUT2D eigenvalue weighted by Crippen LogP contribution is 2.07. The number of rotatable bonds is 0. The minimum atomic E-state index is -0.0602. The molecule has 11 heavy (non-hydrogen) atoms. The van der Waals surface area contributed by atoms with Gasteiger partial charge in [0.05, 0.1) is 12.4 Å². The summed E-state index contributed by atoms with van der Waals surface area (Å²) in [6.07, 6.45) is 0.796. The fourth-order valence-corrected chi connectivity index (χ4v) is 0.688. The molecule has 1 aliphatic heterocycles. The summed E-state index contributed by atoms with van der Waals surface area (Å²) in [4.78, 5) is 22.1. The number of carbonyl (C=O) groups excluding carboxylic acids is 2. The largest absolute Gasteiger partial charge is 0.312 e. The minimum absolute atomic E-state index is 0.0602. The SMILES string of the molecule is CN1C(=O)CCC1=O.NN=S. The van der Waals surface area contributed by atoms with Gasteiger partial charge in [-0.2, -0.15) is 0 Å². The highest BCUT2D eigenvalue weighted by Gasteiger charge is 2.24. The highest BCUT2D eigenvalue weighted by atomic mass is 32.1. The van der Waals surface area contributed by atoms with Crippen LogP contribution in [0.4, 0.5) is 0 Å². The van der Waals surface area contributed by atoms with Crippen molar-refractivity contribution in [2.24, 2.45) is 10.3 Å². The predicted octanol–water partition coefficient (Wildman–Crippen LogP) is -0.644. The van der Waals surface area contributed by atoms with E-state index in [-0.39, 0.29) is 11.8 Å². The van der Waals surface area contributed by atoms with E-state index in [1.54, 1.807) is 0 Å². The molecule has 2 amide bonds. The van der Waals surface area contributed by atoms with E-state index in [9.17, 15) is 9.59 Å². The van der Waals surface area contributed by atoms with Gasteiger partial charge in [-0.15, -0.1) is 4.47 Å². The lowest BCUT2D eigenvalue weighted by molar-refractivity contribution is -0.136. The summed E-state index contributed by atoms with van der Waals surface area (Å²) in [6, 6.07) is 0. The topological polar surface area (TPSA) is 75.8 Å². The summed E-state index contributed by atoms with van der Waals surface area (Å²) in [5.74, 6) is 4.17. The lowest BCUT2D eigenvalue weighted by Crippen LogP contribution is -2.23. The van der Waals surface area contributed by atoms with Crippen molar-refractivity contribution < 1.29 is 9.59 Å². The van der Waals surface area contributed by atoms with Crippen molar-refractivity contribution in [1.29, 1.82) is 0 Å². The van der Waals surface area contributed by atoms with E-state index >= 15 is 0 Å². The summed E-state index contributed by atoms with van der Waals surface area (Å²) < 4.78 is 2.58. The molecule has 5 nitrogen and oxygen atoms in total. The van der Waals surface area contributed by atoms with Gasteiger partial charge in [0.1, 0.15) is 0 Å². The monoisotopic (exact) mass is 175 g/mol. The molecule has 0 saturated carbocycles. The molecule has 0 aromatic carbocycles. The minimum Gasteiger partial charge on any atom is -0.312 e. The van der Waals surface area contributed by atoms with Crippen LogP contribution in [-0.4, -0.2) is 23.8 Å². The smallest absolute Gasteiger partial charge is 0.229 e. The number of hydrogen-bond acceptors (Lipinski definition) is 4. The van der Waals surface area contributed by atoms with Gasteiger partial charge in [0.15, 0.2) is 0 Å². The summed E-state index contributed by atoms with van der Waals surface area (Å²) >= 11 is 3.80. The second-order valence-corrected chi connectivity index (χ2v) is 2.16. The number of imide groups is 1. The molecule has 0 spiro atoms. The lowest BCUT2D eigenvalue weighted by atomic mass is 10.4. The van der Waals surface area contributed by atoms with E-state index in [4.69, 9.17) is 0 Å². The molecule has 0 radical (unpaired) electrons. The maximum absolute atomic E-state index is 10.5. The second kappa shape index (κ2) is 4.73. The Balaban J connectivity index is 0.000000292. The fraction of sp³-hybridized carbons (Fsp3) is 0.600. The van der Waals surface area contributed by atoms with Crippen molar-refractivity contribution in [2.45, 2.75) is 12.8 Å². The first-order valence-electron chi connectivity index (χ1n) is 2.95. The van der Waals surface area contributed by atoms with Crippen LogP contribution in [0.1, 0.15) is 12.8 Å². The van der Waals surface area contributed by atoms with E-state index in [0.29, 0.717) is 12.8 Å². The van der Waals surface area contributed by atoms with Gasteiger partial charge in [-0.3, -0.25) is 14.5 Å². The van der Waals surface area contributed by atoms with E-state index in [1.807, 2.05) is 0 Å². The molecular weight excluding hydrogens is 166 g/mol. The molecule has 1 rings (SSSR count). The van der Waals surface area contributed by atoms with Crippen molar-refractivity contribution >= 4 is 24.2 Å². The summed E-state index contributed by atoms with van der Waals surface area (Å²) in [6.45, 7) is 0. The van der Waals surface area contributed by atoms with Crippen LogP contribution in [0.2, 0.25) is 0 Å². The average molecular weight is 175 g/mol. The molecule has 0 aromatic rings. The average Bonchev–Trinajstić information content (AvgIpc) is 2.22. The van der Waals surface area contributed by atoms with Crippen LogP contribution < -0.4 is 5.84 Å². The maximum atomic E-state index is 10.5. The van der Waals surface area contributed by atoms with Crippen molar-refractivity contribution in [1.82, 2.24) is 4.90 Å². The quantitative estimate of drug-likeness (QED) is 0.302. The normalized spacial score (nSPS) is 15.9. The molecule has 0 atom stereocenters. The van der Waals surface area contributed by atoms with Crippen LogP contribution in [0.5, 0.6) is 0 Å². The number of nitrogens with zero attached hydrogens (tertiary/aromatic N) is 2. The molecule has 1 fully saturated rings. The molecule has 1 aliphatic rings. The molecular formula is C5H9N3O2S. The fourth-order valence-electron chi connectivity index (χ4n) is 0.688. The first kappa shape index (κ1) is 9.96. The summed E-state index contributed by atoms with van der Waals surface area (Å²) in [7, 11) is 1.51. The zero-order chi connectivity index (χ0) is 8.85. The third-order valence-corrected chi connectivity index (χ3v) is 1.30. The Kier molecular flexibility index (Phi) is 4.28. The molecule has 2 N–H and O–H groups in total. The van der Waals surface area contributed by atoms with Crippen LogP contribution in [0.15, 0.2) is 4.47 Å². The first-order valence-corrected chi connectivity index (χ1v) is 3.32. The van der Waals surface area contributed by atoms with Gasteiger partial charge in [0.2, 0.25) is 11.8 Å². The Bertz CT molecular complexity index is 167. The lowest BCUT2D eigenvalue weighted by Gasteiger charge is -2.01. The van der Waals surface area contributed by atoms with Crippen molar-refractivity contribution in [2.75, 3.05) is 7.05 Å². The number of hydrogen-bond donors (Lipinski definition) is 1. The molecule has 0 unspecified atom stereocenters. The molecule has 1 saturated heterocycles. The Labute approximate surface area is 69.7 Å².